The summed E-state index contributed by atoms with van der Waals surface area (Å²) < 4.78 is 9.87. The highest BCUT2D eigenvalue weighted by atomic mass is 16.6. The summed E-state index contributed by atoms with van der Waals surface area (Å²) in [5, 5.41) is 0. The fourth-order valence-electron chi connectivity index (χ4n) is 1.24. The van der Waals surface area contributed by atoms with E-state index in [-0.39, 0.29) is 6.61 Å². The molecule has 0 saturated heterocycles. The minimum atomic E-state index is -0.702. The van der Waals surface area contributed by atoms with Gasteiger partial charge >= 0.3 is 6.09 Å². The summed E-state index contributed by atoms with van der Waals surface area (Å²) >= 11 is 0. The van der Waals surface area contributed by atoms with Crippen molar-refractivity contribution >= 4 is 12.0 Å². The first kappa shape index (κ1) is 13.8. The predicted molar refractivity (Wildman–Crippen MR) is 65.2 cm³/mol. The van der Waals surface area contributed by atoms with E-state index in [1.807, 2.05) is 6.92 Å². The highest BCUT2D eigenvalue weighted by molar-refractivity contribution is 5.95. The summed E-state index contributed by atoms with van der Waals surface area (Å²) in [5.74, 6) is 0.158. The lowest BCUT2D eigenvalue weighted by Gasteiger charge is -2.08. The van der Waals surface area contributed by atoms with Crippen molar-refractivity contribution in [1.82, 2.24) is 10.9 Å². The lowest BCUT2D eigenvalue weighted by Crippen LogP contribution is -2.41. The summed E-state index contributed by atoms with van der Waals surface area (Å²) in [6.45, 7) is 4.29. The van der Waals surface area contributed by atoms with Gasteiger partial charge in [-0.15, -0.1) is 0 Å². The molecular formula is C12H16N2O4. The molecule has 0 aliphatic carbocycles. The van der Waals surface area contributed by atoms with Crippen LogP contribution >= 0.6 is 0 Å². The third-order valence-corrected chi connectivity index (χ3v) is 1.96. The predicted octanol–water partition coefficient (Wildman–Crippen LogP) is 1.48. The van der Waals surface area contributed by atoms with Crippen LogP contribution in [0.3, 0.4) is 0 Å². The average molecular weight is 252 g/mol. The Morgan fingerprint density at radius 3 is 2.61 bits per heavy atom. The van der Waals surface area contributed by atoms with Gasteiger partial charge in [0.2, 0.25) is 0 Å². The zero-order valence-electron chi connectivity index (χ0n) is 10.4. The Bertz CT molecular complexity index is 420. The van der Waals surface area contributed by atoms with Crippen LogP contribution in [-0.4, -0.2) is 25.2 Å². The number of hydrazine groups is 1. The molecule has 18 heavy (non-hydrogen) atoms. The Morgan fingerprint density at radius 2 is 1.94 bits per heavy atom. The molecule has 2 N–H and O–H groups in total. The maximum absolute atomic E-state index is 11.7. The molecule has 0 aliphatic rings. The highest BCUT2D eigenvalue weighted by Crippen LogP contribution is 2.12. The number of carbonyl (C=O) groups is 2. The number of amides is 2. The van der Waals surface area contributed by atoms with E-state index in [4.69, 9.17) is 4.74 Å². The second-order valence-electron chi connectivity index (χ2n) is 3.26. The summed E-state index contributed by atoms with van der Waals surface area (Å²) in [6, 6.07) is 6.65. The van der Waals surface area contributed by atoms with E-state index in [1.54, 1.807) is 31.2 Å². The van der Waals surface area contributed by atoms with E-state index in [0.29, 0.717) is 17.9 Å². The van der Waals surface area contributed by atoms with Gasteiger partial charge in [-0.05, 0) is 32.0 Å². The van der Waals surface area contributed by atoms with Gasteiger partial charge in [0.1, 0.15) is 5.75 Å². The fourth-order valence-corrected chi connectivity index (χ4v) is 1.24. The van der Waals surface area contributed by atoms with Crippen LogP contribution < -0.4 is 15.6 Å². The molecule has 0 aliphatic heterocycles. The lowest BCUT2D eigenvalue weighted by atomic mass is 10.2. The van der Waals surface area contributed by atoms with E-state index in [1.165, 1.54) is 0 Å². The van der Waals surface area contributed by atoms with E-state index < -0.39 is 12.0 Å². The second-order valence-corrected chi connectivity index (χ2v) is 3.26. The molecule has 0 atom stereocenters. The van der Waals surface area contributed by atoms with E-state index in [9.17, 15) is 9.59 Å². The van der Waals surface area contributed by atoms with Gasteiger partial charge in [-0.25, -0.2) is 10.2 Å². The maximum Gasteiger partial charge on any atom is 0.426 e. The highest BCUT2D eigenvalue weighted by Gasteiger charge is 2.08. The van der Waals surface area contributed by atoms with Crippen molar-refractivity contribution in [1.29, 1.82) is 0 Å². The Balaban J connectivity index is 2.55. The molecule has 0 heterocycles. The minimum absolute atomic E-state index is 0.238. The van der Waals surface area contributed by atoms with Crippen molar-refractivity contribution in [2.75, 3.05) is 13.2 Å². The zero-order valence-corrected chi connectivity index (χ0v) is 10.4. The van der Waals surface area contributed by atoms with Gasteiger partial charge in [0.15, 0.2) is 0 Å². The van der Waals surface area contributed by atoms with E-state index in [0.717, 1.165) is 0 Å². The molecule has 1 aromatic carbocycles. The molecule has 6 heteroatoms. The minimum Gasteiger partial charge on any atom is -0.494 e. The van der Waals surface area contributed by atoms with Crippen LogP contribution in [0.25, 0.3) is 0 Å². The van der Waals surface area contributed by atoms with Crippen molar-refractivity contribution in [2.45, 2.75) is 13.8 Å². The van der Waals surface area contributed by atoms with Crippen molar-refractivity contribution in [3.63, 3.8) is 0 Å². The number of hydrogen-bond acceptors (Lipinski definition) is 4. The molecule has 0 bridgehead atoms. The first-order valence-corrected chi connectivity index (χ1v) is 5.63. The van der Waals surface area contributed by atoms with Crippen molar-refractivity contribution in [3.8, 4) is 5.75 Å². The fraction of sp³-hybridized carbons (Fsp3) is 0.333. The Kier molecular flexibility index (Phi) is 5.50. The Hall–Kier alpha value is -2.24. The van der Waals surface area contributed by atoms with Gasteiger partial charge in [-0.3, -0.25) is 10.2 Å². The largest absolute Gasteiger partial charge is 0.494 e. The molecule has 2 amide bonds. The van der Waals surface area contributed by atoms with Gasteiger partial charge in [-0.1, -0.05) is 6.07 Å². The number of rotatable bonds is 4. The van der Waals surface area contributed by atoms with Gasteiger partial charge in [0.05, 0.1) is 13.2 Å². The summed E-state index contributed by atoms with van der Waals surface area (Å²) in [5.41, 5.74) is 4.75. The van der Waals surface area contributed by atoms with Crippen molar-refractivity contribution in [3.05, 3.63) is 29.8 Å². The molecule has 0 radical (unpaired) electrons. The standard InChI is InChI=1S/C12H16N2O4/c1-3-17-10-7-5-6-9(8-10)11(15)13-14-12(16)18-4-2/h5-8H,3-4H2,1-2H3,(H,13,15)(H,14,16). The molecule has 0 aromatic heterocycles. The monoisotopic (exact) mass is 252 g/mol. The molecule has 0 fully saturated rings. The number of benzene rings is 1. The lowest BCUT2D eigenvalue weighted by molar-refractivity contribution is 0.0912. The molecule has 98 valence electrons. The smallest absolute Gasteiger partial charge is 0.426 e. The summed E-state index contributed by atoms with van der Waals surface area (Å²) in [6.07, 6.45) is -0.702. The van der Waals surface area contributed by atoms with E-state index >= 15 is 0 Å². The molecule has 1 aromatic rings. The van der Waals surface area contributed by atoms with Crippen LogP contribution in [0.4, 0.5) is 4.79 Å². The number of nitrogens with one attached hydrogen (secondary N) is 2. The SMILES string of the molecule is CCOC(=O)NNC(=O)c1cccc(OCC)c1. The quantitative estimate of drug-likeness (QED) is 0.796. The van der Waals surface area contributed by atoms with Crippen LogP contribution in [0.5, 0.6) is 5.75 Å². The average Bonchev–Trinajstić information content (AvgIpc) is 2.37. The van der Waals surface area contributed by atoms with Crippen LogP contribution in [0.15, 0.2) is 24.3 Å². The Labute approximate surface area is 105 Å². The third kappa shape index (κ3) is 4.32. The normalized spacial score (nSPS) is 9.44. The number of hydrogen-bond donors (Lipinski definition) is 2. The number of ether oxygens (including phenoxy) is 2. The van der Waals surface area contributed by atoms with Gasteiger partial charge in [0, 0.05) is 5.56 Å². The molecule has 0 saturated carbocycles. The topological polar surface area (TPSA) is 76.7 Å². The Morgan fingerprint density at radius 1 is 1.17 bits per heavy atom. The molecule has 0 spiro atoms. The van der Waals surface area contributed by atoms with E-state index in [2.05, 4.69) is 15.6 Å². The maximum atomic E-state index is 11.7. The second kappa shape index (κ2) is 7.16. The molecular weight excluding hydrogens is 236 g/mol. The molecule has 0 unspecified atom stereocenters. The van der Waals surface area contributed by atoms with Crippen LogP contribution in [0, 0.1) is 0 Å². The first-order chi connectivity index (χ1) is 8.67. The van der Waals surface area contributed by atoms with Crippen LogP contribution in [-0.2, 0) is 4.74 Å². The third-order valence-electron chi connectivity index (χ3n) is 1.96. The van der Waals surface area contributed by atoms with Gasteiger partial charge in [-0.2, -0.15) is 0 Å². The summed E-state index contributed by atoms with van der Waals surface area (Å²) in [4.78, 5) is 22.6. The van der Waals surface area contributed by atoms with Crippen molar-refractivity contribution in [2.24, 2.45) is 0 Å². The van der Waals surface area contributed by atoms with Crippen LogP contribution in [0.2, 0.25) is 0 Å². The first-order valence-electron chi connectivity index (χ1n) is 5.63. The summed E-state index contributed by atoms with van der Waals surface area (Å²) in [7, 11) is 0. The van der Waals surface area contributed by atoms with Gasteiger partial charge in [0.25, 0.3) is 5.91 Å². The molecule has 6 nitrogen and oxygen atoms in total. The van der Waals surface area contributed by atoms with Gasteiger partial charge < -0.3 is 9.47 Å². The zero-order chi connectivity index (χ0) is 13.4. The number of carbonyl (C=O) groups excluding carboxylic acids is 2. The molecule has 1 rings (SSSR count). The van der Waals surface area contributed by atoms with Crippen LogP contribution in [0.1, 0.15) is 24.2 Å². The van der Waals surface area contributed by atoms with Crippen molar-refractivity contribution < 1.29 is 19.1 Å².